The molecule has 2 heterocycles. The van der Waals surface area contributed by atoms with Gasteiger partial charge in [0.05, 0.1) is 6.54 Å². The Bertz CT molecular complexity index is 464. The number of hydrogen-bond acceptors (Lipinski definition) is 3. The number of nitrogens with two attached hydrogens (primary N) is 1. The quantitative estimate of drug-likeness (QED) is 0.901. The fourth-order valence-corrected chi connectivity index (χ4v) is 1.92. The van der Waals surface area contributed by atoms with Gasteiger partial charge in [-0.25, -0.2) is 4.98 Å². The van der Waals surface area contributed by atoms with Gasteiger partial charge in [0.15, 0.2) is 0 Å². The Hall–Kier alpha value is -1.20. The van der Waals surface area contributed by atoms with E-state index < -0.39 is 0 Å². The Morgan fingerprint density at radius 2 is 2.07 bits per heavy atom. The summed E-state index contributed by atoms with van der Waals surface area (Å²) in [5.74, 6) is 0.855. The average Bonchev–Trinajstić information content (AvgIpc) is 2.57. The zero-order valence-electron chi connectivity index (χ0n) is 8.31. The number of hydrogen-bond donors (Lipinski definition) is 1. The molecule has 15 heavy (non-hydrogen) atoms. The molecular formula is C10H11BrN4. The summed E-state index contributed by atoms with van der Waals surface area (Å²) >= 11 is 3.50. The Morgan fingerprint density at radius 1 is 1.40 bits per heavy atom. The first-order valence-electron chi connectivity index (χ1n) is 4.55. The van der Waals surface area contributed by atoms with Crippen molar-refractivity contribution in [2.75, 3.05) is 0 Å². The van der Waals surface area contributed by atoms with Crippen LogP contribution in [0.4, 0.5) is 0 Å². The van der Waals surface area contributed by atoms with E-state index >= 15 is 0 Å². The van der Waals surface area contributed by atoms with E-state index in [0.29, 0.717) is 6.54 Å². The van der Waals surface area contributed by atoms with Crippen molar-refractivity contribution >= 4 is 15.9 Å². The van der Waals surface area contributed by atoms with Crippen LogP contribution < -0.4 is 5.73 Å². The Kier molecular flexibility index (Phi) is 2.83. The van der Waals surface area contributed by atoms with Crippen molar-refractivity contribution in [3.8, 4) is 11.3 Å². The number of nitrogens with zero attached hydrogens (tertiary/aromatic N) is 3. The molecule has 2 N–H and O–H groups in total. The first-order valence-corrected chi connectivity index (χ1v) is 5.35. The second-order valence-corrected chi connectivity index (χ2v) is 3.92. The van der Waals surface area contributed by atoms with Crippen LogP contribution in [-0.2, 0) is 13.6 Å². The minimum absolute atomic E-state index is 0.431. The summed E-state index contributed by atoms with van der Waals surface area (Å²) in [6.45, 7) is 0.431. The van der Waals surface area contributed by atoms with Crippen LogP contribution in [-0.4, -0.2) is 14.5 Å². The van der Waals surface area contributed by atoms with E-state index in [9.17, 15) is 0 Å². The molecule has 0 amide bonds. The Morgan fingerprint density at radius 3 is 2.60 bits per heavy atom. The second-order valence-electron chi connectivity index (χ2n) is 3.17. The lowest BCUT2D eigenvalue weighted by Gasteiger charge is -1.98. The van der Waals surface area contributed by atoms with Gasteiger partial charge in [-0.15, -0.1) is 0 Å². The summed E-state index contributed by atoms with van der Waals surface area (Å²) in [5.41, 5.74) is 7.53. The summed E-state index contributed by atoms with van der Waals surface area (Å²) in [5, 5.41) is 0. The van der Waals surface area contributed by atoms with E-state index in [1.54, 1.807) is 12.4 Å². The van der Waals surface area contributed by atoms with Gasteiger partial charge >= 0.3 is 0 Å². The van der Waals surface area contributed by atoms with Crippen molar-refractivity contribution in [3.63, 3.8) is 0 Å². The zero-order chi connectivity index (χ0) is 10.8. The van der Waals surface area contributed by atoms with Gasteiger partial charge < -0.3 is 10.3 Å². The molecule has 0 spiro atoms. The van der Waals surface area contributed by atoms with Crippen molar-refractivity contribution in [3.05, 3.63) is 35.0 Å². The van der Waals surface area contributed by atoms with Gasteiger partial charge in [0.2, 0.25) is 0 Å². The SMILES string of the molecule is Cn1c(CN)nc(-c2ccncc2)c1Br. The maximum atomic E-state index is 5.59. The maximum Gasteiger partial charge on any atom is 0.123 e. The normalized spacial score (nSPS) is 10.6. The monoisotopic (exact) mass is 266 g/mol. The topological polar surface area (TPSA) is 56.7 Å². The molecule has 0 saturated carbocycles. The fraction of sp³-hybridized carbons (Fsp3) is 0.200. The molecule has 78 valence electrons. The van der Waals surface area contributed by atoms with Gasteiger partial charge in [-0.2, -0.15) is 0 Å². The molecule has 0 saturated heterocycles. The van der Waals surface area contributed by atoms with Crippen molar-refractivity contribution in [1.82, 2.24) is 14.5 Å². The van der Waals surface area contributed by atoms with E-state index in [1.807, 2.05) is 23.7 Å². The van der Waals surface area contributed by atoms with E-state index in [0.717, 1.165) is 21.7 Å². The van der Waals surface area contributed by atoms with Gasteiger partial charge in [-0.05, 0) is 28.1 Å². The largest absolute Gasteiger partial charge is 0.324 e. The lowest BCUT2D eigenvalue weighted by atomic mass is 10.2. The van der Waals surface area contributed by atoms with Crippen molar-refractivity contribution in [2.45, 2.75) is 6.54 Å². The highest BCUT2D eigenvalue weighted by molar-refractivity contribution is 9.10. The molecule has 4 nitrogen and oxygen atoms in total. The molecule has 0 unspecified atom stereocenters. The maximum absolute atomic E-state index is 5.59. The summed E-state index contributed by atoms with van der Waals surface area (Å²) in [4.78, 5) is 8.44. The highest BCUT2D eigenvalue weighted by Gasteiger charge is 2.12. The van der Waals surface area contributed by atoms with E-state index in [-0.39, 0.29) is 0 Å². The van der Waals surface area contributed by atoms with Crippen LogP contribution in [0.2, 0.25) is 0 Å². The highest BCUT2D eigenvalue weighted by atomic mass is 79.9. The molecule has 0 atom stereocenters. The number of aromatic nitrogens is 3. The summed E-state index contributed by atoms with van der Waals surface area (Å²) in [7, 11) is 1.93. The third kappa shape index (κ3) is 1.80. The molecular weight excluding hydrogens is 256 g/mol. The molecule has 2 aromatic rings. The van der Waals surface area contributed by atoms with Crippen LogP contribution in [0.25, 0.3) is 11.3 Å². The smallest absolute Gasteiger partial charge is 0.123 e. The first-order chi connectivity index (χ1) is 7.24. The lowest BCUT2D eigenvalue weighted by molar-refractivity contribution is 0.781. The van der Waals surface area contributed by atoms with Gasteiger partial charge in [-0.3, -0.25) is 4.98 Å². The van der Waals surface area contributed by atoms with Crippen LogP contribution in [0.5, 0.6) is 0 Å². The highest BCUT2D eigenvalue weighted by Crippen LogP contribution is 2.27. The molecule has 0 fully saturated rings. The fourth-order valence-electron chi connectivity index (χ4n) is 1.40. The molecule has 5 heteroatoms. The van der Waals surface area contributed by atoms with Crippen LogP contribution in [0.15, 0.2) is 29.1 Å². The standard InChI is InChI=1S/C10H11BrN4/c1-15-8(6-12)14-9(10(15)11)7-2-4-13-5-3-7/h2-5H,6,12H2,1H3. The Balaban J connectivity index is 2.55. The van der Waals surface area contributed by atoms with Gasteiger partial charge in [0.1, 0.15) is 16.1 Å². The third-order valence-electron chi connectivity index (χ3n) is 2.25. The summed E-state index contributed by atoms with van der Waals surface area (Å²) < 4.78 is 2.88. The molecule has 0 aliphatic heterocycles. The van der Waals surface area contributed by atoms with E-state index in [2.05, 4.69) is 25.9 Å². The van der Waals surface area contributed by atoms with Crippen LogP contribution in [0.3, 0.4) is 0 Å². The first kappa shape index (κ1) is 10.3. The van der Waals surface area contributed by atoms with Crippen LogP contribution in [0.1, 0.15) is 5.82 Å². The minimum atomic E-state index is 0.431. The third-order valence-corrected chi connectivity index (χ3v) is 3.16. The van der Waals surface area contributed by atoms with Crippen molar-refractivity contribution in [1.29, 1.82) is 0 Å². The zero-order valence-corrected chi connectivity index (χ0v) is 9.90. The Labute approximate surface area is 96.3 Å². The second kappa shape index (κ2) is 4.12. The number of imidazole rings is 1. The molecule has 0 radical (unpaired) electrons. The number of rotatable bonds is 2. The predicted octanol–water partition coefficient (Wildman–Crippen LogP) is 1.70. The van der Waals surface area contributed by atoms with Gasteiger partial charge in [0.25, 0.3) is 0 Å². The van der Waals surface area contributed by atoms with Gasteiger partial charge in [0, 0.05) is 25.0 Å². The molecule has 0 aliphatic carbocycles. The van der Waals surface area contributed by atoms with Gasteiger partial charge in [-0.1, -0.05) is 0 Å². The van der Waals surface area contributed by atoms with E-state index in [4.69, 9.17) is 5.73 Å². The molecule has 0 bridgehead atoms. The molecule has 2 rings (SSSR count). The predicted molar refractivity (Wildman–Crippen MR) is 62.0 cm³/mol. The summed E-state index contributed by atoms with van der Waals surface area (Å²) in [6, 6.07) is 3.85. The minimum Gasteiger partial charge on any atom is -0.324 e. The molecule has 0 aromatic carbocycles. The van der Waals surface area contributed by atoms with Crippen LogP contribution in [0, 0.1) is 0 Å². The number of halogens is 1. The van der Waals surface area contributed by atoms with Crippen molar-refractivity contribution < 1.29 is 0 Å². The summed E-state index contributed by atoms with van der Waals surface area (Å²) in [6.07, 6.45) is 3.50. The van der Waals surface area contributed by atoms with Crippen LogP contribution >= 0.6 is 15.9 Å². The molecule has 2 aromatic heterocycles. The average molecular weight is 267 g/mol. The molecule has 0 aliphatic rings. The lowest BCUT2D eigenvalue weighted by Crippen LogP contribution is -2.04. The van der Waals surface area contributed by atoms with Crippen molar-refractivity contribution in [2.24, 2.45) is 12.8 Å². The number of pyridine rings is 1. The van der Waals surface area contributed by atoms with E-state index in [1.165, 1.54) is 0 Å².